The highest BCUT2D eigenvalue weighted by Gasteiger charge is 2.15. The smallest absolute Gasteiger partial charge is 0.336 e. The minimum absolute atomic E-state index is 0.0245. The molecule has 0 fully saturated rings. The van der Waals surface area contributed by atoms with Crippen LogP contribution in [0.4, 0.5) is 5.69 Å². The molecule has 0 atom stereocenters. The Bertz CT molecular complexity index is 636. The van der Waals surface area contributed by atoms with Gasteiger partial charge in [-0.3, -0.25) is 4.79 Å². The first-order valence-electron chi connectivity index (χ1n) is 6.04. The molecule has 0 saturated carbocycles. The highest BCUT2D eigenvalue weighted by Crippen LogP contribution is 2.14. The van der Waals surface area contributed by atoms with E-state index < -0.39 is 11.9 Å². The number of benzene rings is 2. The molecule has 2 aromatic rings. The van der Waals surface area contributed by atoms with Gasteiger partial charge in [0, 0.05) is 12.2 Å². The lowest BCUT2D eigenvalue weighted by Crippen LogP contribution is -2.16. The number of rotatable bonds is 4. The van der Waals surface area contributed by atoms with Crippen molar-refractivity contribution in [2.75, 3.05) is 5.32 Å². The molecule has 0 heterocycles. The predicted molar refractivity (Wildman–Crippen MR) is 75.7 cm³/mol. The minimum Gasteiger partial charge on any atom is -0.478 e. The van der Waals surface area contributed by atoms with Crippen LogP contribution < -0.4 is 11.1 Å². The summed E-state index contributed by atoms with van der Waals surface area (Å²) in [6.45, 7) is 0.427. The lowest BCUT2D eigenvalue weighted by molar-refractivity contribution is 0.0692. The van der Waals surface area contributed by atoms with Gasteiger partial charge in [-0.1, -0.05) is 24.3 Å². The Kier molecular flexibility index (Phi) is 4.12. The molecule has 4 N–H and O–H groups in total. The molecule has 1 amide bonds. The number of carbonyl (C=O) groups excluding carboxylic acids is 1. The Morgan fingerprint density at radius 1 is 1.00 bits per heavy atom. The third-order valence-corrected chi connectivity index (χ3v) is 2.85. The number of hydrogen-bond donors (Lipinski definition) is 3. The van der Waals surface area contributed by atoms with Crippen molar-refractivity contribution in [2.45, 2.75) is 6.54 Å². The molecule has 0 unspecified atom stereocenters. The number of nitrogens with two attached hydrogens (primary N) is 1. The third kappa shape index (κ3) is 3.02. The van der Waals surface area contributed by atoms with Crippen molar-refractivity contribution in [2.24, 2.45) is 5.73 Å². The lowest BCUT2D eigenvalue weighted by atomic mass is 10.1. The van der Waals surface area contributed by atoms with Crippen LogP contribution in [0.2, 0.25) is 0 Å². The van der Waals surface area contributed by atoms with E-state index in [2.05, 4.69) is 5.32 Å². The summed E-state index contributed by atoms with van der Waals surface area (Å²) in [4.78, 5) is 23.2. The van der Waals surface area contributed by atoms with Crippen LogP contribution in [0.5, 0.6) is 0 Å². The van der Waals surface area contributed by atoms with Gasteiger partial charge in [0.15, 0.2) is 0 Å². The molecule has 5 nitrogen and oxygen atoms in total. The molecule has 0 bridgehead atoms. The van der Waals surface area contributed by atoms with Gasteiger partial charge in [0.05, 0.1) is 11.1 Å². The van der Waals surface area contributed by atoms with Crippen molar-refractivity contribution in [1.29, 1.82) is 0 Å². The molecule has 0 radical (unpaired) electrons. The van der Waals surface area contributed by atoms with Crippen molar-refractivity contribution in [3.63, 3.8) is 0 Å². The maximum absolute atomic E-state index is 12.1. The predicted octanol–water partition coefficient (Wildman–Crippen LogP) is 2.10. The third-order valence-electron chi connectivity index (χ3n) is 2.85. The number of hydrogen-bond acceptors (Lipinski definition) is 3. The molecule has 0 aliphatic heterocycles. The van der Waals surface area contributed by atoms with Crippen LogP contribution in [-0.2, 0) is 6.54 Å². The number of anilines is 1. The first kappa shape index (κ1) is 13.8. The summed E-state index contributed by atoms with van der Waals surface area (Å²) in [6, 6.07) is 13.1. The summed E-state index contributed by atoms with van der Waals surface area (Å²) in [6.07, 6.45) is 0. The minimum atomic E-state index is -1.13. The van der Waals surface area contributed by atoms with Crippen LogP contribution in [0.3, 0.4) is 0 Å². The quantitative estimate of drug-likeness (QED) is 0.793. The maximum atomic E-state index is 12.1. The van der Waals surface area contributed by atoms with Crippen LogP contribution in [0.15, 0.2) is 48.5 Å². The molecule has 0 aliphatic carbocycles. The Morgan fingerprint density at radius 3 is 2.15 bits per heavy atom. The normalized spacial score (nSPS) is 10.1. The molecule has 0 spiro atoms. The Morgan fingerprint density at radius 2 is 1.60 bits per heavy atom. The molecular weight excluding hydrogens is 256 g/mol. The summed E-state index contributed by atoms with van der Waals surface area (Å²) in [7, 11) is 0. The van der Waals surface area contributed by atoms with E-state index in [9.17, 15) is 9.59 Å². The first-order chi connectivity index (χ1) is 9.61. The van der Waals surface area contributed by atoms with Gasteiger partial charge in [0.1, 0.15) is 0 Å². The molecular formula is C15H14N2O3. The summed E-state index contributed by atoms with van der Waals surface area (Å²) in [5, 5.41) is 11.7. The Hall–Kier alpha value is -2.66. The van der Waals surface area contributed by atoms with Gasteiger partial charge in [-0.2, -0.15) is 0 Å². The van der Waals surface area contributed by atoms with Crippen LogP contribution in [-0.4, -0.2) is 17.0 Å². The van der Waals surface area contributed by atoms with E-state index >= 15 is 0 Å². The number of nitrogens with one attached hydrogen (secondary N) is 1. The van der Waals surface area contributed by atoms with E-state index in [1.807, 2.05) is 0 Å². The van der Waals surface area contributed by atoms with Crippen molar-refractivity contribution in [1.82, 2.24) is 0 Å². The second-order valence-corrected chi connectivity index (χ2v) is 4.21. The van der Waals surface area contributed by atoms with Gasteiger partial charge < -0.3 is 16.2 Å². The largest absolute Gasteiger partial charge is 0.478 e. The zero-order valence-electron chi connectivity index (χ0n) is 10.7. The van der Waals surface area contributed by atoms with Crippen molar-refractivity contribution in [3.8, 4) is 0 Å². The topological polar surface area (TPSA) is 92.4 Å². The number of carboxylic acid groups (broad SMARTS) is 1. The molecule has 5 heteroatoms. The maximum Gasteiger partial charge on any atom is 0.336 e. The number of carboxylic acids is 1. The fraction of sp³-hybridized carbons (Fsp3) is 0.0667. The van der Waals surface area contributed by atoms with Crippen LogP contribution in [0.25, 0.3) is 0 Å². The van der Waals surface area contributed by atoms with Crippen LogP contribution >= 0.6 is 0 Å². The highest BCUT2D eigenvalue weighted by atomic mass is 16.4. The number of aromatic carboxylic acids is 1. The monoisotopic (exact) mass is 270 g/mol. The highest BCUT2D eigenvalue weighted by molar-refractivity contribution is 6.10. The van der Waals surface area contributed by atoms with Gasteiger partial charge in [0.25, 0.3) is 5.91 Å². The van der Waals surface area contributed by atoms with E-state index in [-0.39, 0.29) is 11.1 Å². The number of amides is 1. The van der Waals surface area contributed by atoms with E-state index in [0.717, 1.165) is 5.56 Å². The molecule has 2 rings (SSSR count). The molecule has 102 valence electrons. The standard InChI is InChI=1S/C15H14N2O3/c16-9-10-5-7-11(8-6-10)17-14(18)12-3-1-2-4-13(12)15(19)20/h1-8H,9,16H2,(H,17,18)(H,19,20). The van der Waals surface area contributed by atoms with Gasteiger partial charge in [-0.05, 0) is 29.8 Å². The SMILES string of the molecule is NCc1ccc(NC(=O)c2ccccc2C(=O)O)cc1. The number of carbonyl (C=O) groups is 2. The molecule has 0 aromatic heterocycles. The van der Waals surface area contributed by atoms with Crippen molar-refractivity contribution >= 4 is 17.6 Å². The van der Waals surface area contributed by atoms with E-state index in [1.165, 1.54) is 12.1 Å². The second kappa shape index (κ2) is 5.99. The molecule has 2 aromatic carbocycles. The average Bonchev–Trinajstić information content (AvgIpc) is 2.48. The van der Waals surface area contributed by atoms with E-state index in [0.29, 0.717) is 12.2 Å². The van der Waals surface area contributed by atoms with Gasteiger partial charge in [-0.15, -0.1) is 0 Å². The van der Waals surface area contributed by atoms with E-state index in [1.54, 1.807) is 36.4 Å². The second-order valence-electron chi connectivity index (χ2n) is 4.21. The van der Waals surface area contributed by atoms with Crippen LogP contribution in [0, 0.1) is 0 Å². The van der Waals surface area contributed by atoms with Crippen molar-refractivity contribution in [3.05, 3.63) is 65.2 Å². The first-order valence-corrected chi connectivity index (χ1v) is 6.04. The zero-order valence-corrected chi connectivity index (χ0v) is 10.7. The Labute approximate surface area is 116 Å². The summed E-state index contributed by atoms with van der Waals surface area (Å²) in [5.74, 6) is -1.59. The fourth-order valence-corrected chi connectivity index (χ4v) is 1.79. The fourth-order valence-electron chi connectivity index (χ4n) is 1.79. The van der Waals surface area contributed by atoms with E-state index in [4.69, 9.17) is 10.8 Å². The molecule has 20 heavy (non-hydrogen) atoms. The van der Waals surface area contributed by atoms with Gasteiger partial charge in [-0.25, -0.2) is 4.79 Å². The van der Waals surface area contributed by atoms with Crippen LogP contribution in [0.1, 0.15) is 26.3 Å². The lowest BCUT2D eigenvalue weighted by Gasteiger charge is -2.08. The van der Waals surface area contributed by atoms with Crippen molar-refractivity contribution < 1.29 is 14.7 Å². The summed E-state index contributed by atoms with van der Waals surface area (Å²) < 4.78 is 0. The van der Waals surface area contributed by atoms with Gasteiger partial charge >= 0.3 is 5.97 Å². The zero-order chi connectivity index (χ0) is 14.5. The summed E-state index contributed by atoms with van der Waals surface area (Å²) in [5.41, 5.74) is 7.14. The molecule has 0 saturated heterocycles. The summed E-state index contributed by atoms with van der Waals surface area (Å²) >= 11 is 0. The molecule has 0 aliphatic rings. The average molecular weight is 270 g/mol. The van der Waals surface area contributed by atoms with Gasteiger partial charge in [0.2, 0.25) is 0 Å². The Balaban J connectivity index is 2.21.